The number of Topliss-reactive ketones (excluding diaryl/α,β-unsaturated/α-hetero) is 1. The quantitative estimate of drug-likeness (QED) is 0.679. The van der Waals surface area contributed by atoms with Gasteiger partial charge in [-0.05, 0) is 13.0 Å². The lowest BCUT2D eigenvalue weighted by atomic mass is 10.2. The van der Waals surface area contributed by atoms with Crippen molar-refractivity contribution in [1.82, 2.24) is 4.98 Å². The summed E-state index contributed by atoms with van der Waals surface area (Å²) in [5.41, 5.74) is 0.536. The van der Waals surface area contributed by atoms with E-state index in [9.17, 15) is 9.59 Å². The van der Waals surface area contributed by atoms with Crippen LogP contribution in [0.3, 0.4) is 0 Å². The highest BCUT2D eigenvalue weighted by molar-refractivity contribution is 5.94. The Morgan fingerprint density at radius 3 is 3.00 bits per heavy atom. The molecule has 80 valence electrons. The molecule has 0 aliphatic carbocycles. The van der Waals surface area contributed by atoms with Crippen molar-refractivity contribution >= 4 is 11.5 Å². The molecule has 1 aromatic heterocycles. The van der Waals surface area contributed by atoms with Crippen LogP contribution in [0.25, 0.3) is 0 Å². The maximum Gasteiger partial charge on any atom is 0.261 e. The molecule has 2 heterocycles. The van der Waals surface area contributed by atoms with E-state index in [0.717, 1.165) is 12.2 Å². The van der Waals surface area contributed by atoms with Crippen LogP contribution in [0.1, 0.15) is 17.3 Å². The first-order chi connectivity index (χ1) is 7.09. The molecule has 0 saturated carbocycles. The average Bonchev–Trinajstić information content (AvgIpc) is 2.16. The number of H-pyrrole nitrogens is 1. The third kappa shape index (κ3) is 1.60. The third-order valence-corrected chi connectivity index (χ3v) is 2.45. The van der Waals surface area contributed by atoms with Crippen LogP contribution >= 0.6 is 0 Å². The number of ketones is 1. The number of rotatable bonds is 1. The lowest BCUT2D eigenvalue weighted by molar-refractivity contribution is 0.101. The Balaban J connectivity index is 2.60. The Hall–Kier alpha value is -1.78. The number of aromatic nitrogens is 1. The summed E-state index contributed by atoms with van der Waals surface area (Å²) < 4.78 is 5.30. The molecule has 5 heteroatoms. The highest BCUT2D eigenvalue weighted by Crippen LogP contribution is 2.27. The molecule has 0 aromatic carbocycles. The van der Waals surface area contributed by atoms with Gasteiger partial charge in [0.05, 0.1) is 17.8 Å². The number of fused-ring (bicyclic) bond motifs is 1. The van der Waals surface area contributed by atoms with Crippen LogP contribution in [0, 0.1) is 0 Å². The summed E-state index contributed by atoms with van der Waals surface area (Å²) in [5.74, 6) is 0.205. The van der Waals surface area contributed by atoms with Crippen molar-refractivity contribution in [2.45, 2.75) is 6.92 Å². The number of nitrogens with one attached hydrogen (secondary N) is 1. The fourth-order valence-electron chi connectivity index (χ4n) is 1.56. The number of anilines is 1. The Morgan fingerprint density at radius 2 is 2.33 bits per heavy atom. The van der Waals surface area contributed by atoms with Crippen LogP contribution < -0.4 is 15.2 Å². The summed E-state index contributed by atoms with van der Waals surface area (Å²) >= 11 is 0. The van der Waals surface area contributed by atoms with Crippen molar-refractivity contribution in [1.29, 1.82) is 0 Å². The second-order valence-corrected chi connectivity index (χ2v) is 3.55. The van der Waals surface area contributed by atoms with Gasteiger partial charge in [0.1, 0.15) is 6.61 Å². The molecule has 0 unspecified atom stereocenters. The fourth-order valence-corrected chi connectivity index (χ4v) is 1.56. The molecule has 0 fully saturated rings. The Bertz CT molecular complexity index is 464. The van der Waals surface area contributed by atoms with Crippen molar-refractivity contribution in [3.8, 4) is 5.88 Å². The molecular formula is C10H12N2O3. The lowest BCUT2D eigenvalue weighted by Crippen LogP contribution is -2.31. The Morgan fingerprint density at radius 1 is 1.60 bits per heavy atom. The molecular weight excluding hydrogens is 196 g/mol. The number of hydrogen-bond acceptors (Lipinski definition) is 4. The molecule has 0 saturated heterocycles. The Labute approximate surface area is 86.7 Å². The lowest BCUT2D eigenvalue weighted by Gasteiger charge is -2.27. The number of carbonyl (C=O) groups is 1. The summed E-state index contributed by atoms with van der Waals surface area (Å²) in [7, 11) is 1.89. The highest BCUT2D eigenvalue weighted by atomic mass is 16.5. The van der Waals surface area contributed by atoms with E-state index in [1.807, 2.05) is 11.9 Å². The molecule has 1 aliphatic heterocycles. The van der Waals surface area contributed by atoms with E-state index in [-0.39, 0.29) is 11.3 Å². The smallest absolute Gasteiger partial charge is 0.261 e. The van der Waals surface area contributed by atoms with E-state index in [1.165, 1.54) is 6.92 Å². The molecule has 1 N–H and O–H groups in total. The van der Waals surface area contributed by atoms with Gasteiger partial charge < -0.3 is 9.64 Å². The molecule has 0 atom stereocenters. The minimum absolute atomic E-state index is 0.172. The molecule has 2 rings (SSSR count). The number of pyridine rings is 1. The second-order valence-electron chi connectivity index (χ2n) is 3.55. The van der Waals surface area contributed by atoms with Crippen LogP contribution in [0.2, 0.25) is 0 Å². The second kappa shape index (κ2) is 3.42. The van der Waals surface area contributed by atoms with Crippen molar-refractivity contribution in [2.75, 3.05) is 25.1 Å². The van der Waals surface area contributed by atoms with E-state index in [1.54, 1.807) is 6.07 Å². The molecule has 0 amide bonds. The fraction of sp³-hybridized carbons (Fsp3) is 0.400. The van der Waals surface area contributed by atoms with Gasteiger partial charge in [-0.15, -0.1) is 0 Å². The summed E-state index contributed by atoms with van der Waals surface area (Å²) in [5, 5.41) is 0. The summed E-state index contributed by atoms with van der Waals surface area (Å²) in [6.07, 6.45) is 0. The molecule has 0 radical (unpaired) electrons. The standard InChI is InChI=1S/C10H12N2O3/c1-6(13)7-5-8-10(11-9(7)14)15-4-3-12(8)2/h5H,3-4H2,1-2H3,(H,11,14). The predicted molar refractivity (Wildman–Crippen MR) is 55.8 cm³/mol. The maximum absolute atomic E-state index is 11.5. The topological polar surface area (TPSA) is 62.4 Å². The van der Waals surface area contributed by atoms with Crippen molar-refractivity contribution < 1.29 is 9.53 Å². The van der Waals surface area contributed by atoms with E-state index in [4.69, 9.17) is 4.74 Å². The maximum atomic E-state index is 11.5. The zero-order valence-corrected chi connectivity index (χ0v) is 8.66. The summed E-state index contributed by atoms with van der Waals surface area (Å²) in [4.78, 5) is 27.2. The highest BCUT2D eigenvalue weighted by Gasteiger charge is 2.19. The molecule has 1 aliphatic rings. The SMILES string of the molecule is CC(=O)c1cc2c([nH]c1=O)OCCN2C. The average molecular weight is 208 g/mol. The molecule has 0 bridgehead atoms. The zero-order chi connectivity index (χ0) is 11.0. The van der Waals surface area contributed by atoms with E-state index >= 15 is 0 Å². The van der Waals surface area contributed by atoms with Crippen LogP contribution in [-0.2, 0) is 0 Å². The first kappa shape index (κ1) is 9.76. The number of aromatic amines is 1. The van der Waals surface area contributed by atoms with Gasteiger partial charge in [0.25, 0.3) is 5.56 Å². The number of hydrogen-bond donors (Lipinski definition) is 1. The van der Waals surface area contributed by atoms with Gasteiger partial charge in [-0.1, -0.05) is 0 Å². The minimum Gasteiger partial charge on any atom is -0.476 e. The normalized spacial score (nSPS) is 14.4. The number of carbonyl (C=O) groups excluding carboxylic acids is 1. The third-order valence-electron chi connectivity index (χ3n) is 2.45. The monoisotopic (exact) mass is 208 g/mol. The summed E-state index contributed by atoms with van der Waals surface area (Å²) in [6.45, 7) is 2.66. The first-order valence-electron chi connectivity index (χ1n) is 4.72. The number of ether oxygens (including phenoxy) is 1. The van der Waals surface area contributed by atoms with E-state index in [2.05, 4.69) is 4.98 Å². The predicted octanol–water partition coefficient (Wildman–Crippen LogP) is 0.406. The van der Waals surface area contributed by atoms with Crippen molar-refractivity contribution in [3.63, 3.8) is 0 Å². The molecule has 0 spiro atoms. The number of likely N-dealkylation sites (N-methyl/N-ethyl adjacent to an activating group) is 1. The van der Waals surface area contributed by atoms with Crippen LogP contribution in [-0.4, -0.2) is 31.0 Å². The minimum atomic E-state index is -0.392. The van der Waals surface area contributed by atoms with Gasteiger partial charge >= 0.3 is 0 Å². The molecule has 1 aromatic rings. The zero-order valence-electron chi connectivity index (χ0n) is 8.66. The van der Waals surface area contributed by atoms with E-state index < -0.39 is 5.56 Å². The van der Waals surface area contributed by atoms with Crippen LogP contribution in [0.15, 0.2) is 10.9 Å². The van der Waals surface area contributed by atoms with Gasteiger partial charge in [-0.25, -0.2) is 0 Å². The van der Waals surface area contributed by atoms with Gasteiger partial charge in [-0.2, -0.15) is 0 Å². The van der Waals surface area contributed by atoms with Crippen molar-refractivity contribution in [3.05, 3.63) is 22.0 Å². The van der Waals surface area contributed by atoms with Gasteiger partial charge in [0.2, 0.25) is 5.88 Å². The van der Waals surface area contributed by atoms with Crippen molar-refractivity contribution in [2.24, 2.45) is 0 Å². The molecule has 5 nitrogen and oxygen atoms in total. The first-order valence-corrected chi connectivity index (χ1v) is 4.72. The number of nitrogens with zero attached hydrogens (tertiary/aromatic N) is 1. The van der Waals surface area contributed by atoms with Crippen LogP contribution in [0.5, 0.6) is 5.88 Å². The van der Waals surface area contributed by atoms with Crippen LogP contribution in [0.4, 0.5) is 5.69 Å². The summed E-state index contributed by atoms with van der Waals surface area (Å²) in [6, 6.07) is 1.58. The van der Waals surface area contributed by atoms with Gasteiger partial charge in [0, 0.05) is 7.05 Å². The largest absolute Gasteiger partial charge is 0.476 e. The van der Waals surface area contributed by atoms with Gasteiger partial charge in [-0.3, -0.25) is 14.6 Å². The van der Waals surface area contributed by atoms with Gasteiger partial charge in [0.15, 0.2) is 5.78 Å². The molecule has 15 heavy (non-hydrogen) atoms. The Kier molecular flexibility index (Phi) is 2.22. The van der Waals surface area contributed by atoms with E-state index in [0.29, 0.717) is 12.5 Å².